The Labute approximate surface area is 418 Å². The Balaban J connectivity index is 4.24. The summed E-state index contributed by atoms with van der Waals surface area (Å²) < 4.78 is 16.9. The highest BCUT2D eigenvalue weighted by Crippen LogP contribution is 2.19. The summed E-state index contributed by atoms with van der Waals surface area (Å²) in [5, 5.41) is 0. The van der Waals surface area contributed by atoms with Crippen molar-refractivity contribution < 1.29 is 28.6 Å². The molecule has 0 aliphatic carbocycles. The van der Waals surface area contributed by atoms with Gasteiger partial charge in [0.1, 0.15) is 13.2 Å². The molecule has 0 saturated carbocycles. The van der Waals surface area contributed by atoms with E-state index >= 15 is 0 Å². The quantitative estimate of drug-likeness (QED) is 0.0343. The fraction of sp³-hybridized carbons (Fsp3) is 0.951. The second kappa shape index (κ2) is 53.8. The number of carbonyl (C=O) groups is 3. The summed E-state index contributed by atoms with van der Waals surface area (Å²) in [7, 11) is 0. The molecule has 0 rings (SSSR count). The standard InChI is InChI=1S/C61H118O6/c1-6-8-9-10-11-12-13-26-31-36-41-46-51-59(62)65-54-58(55-66-60(63)52-47-42-37-32-27-23-22-24-29-34-39-44-49-56(3)4)67-61(64)53-48-43-38-33-28-21-19-17-15-14-16-18-20-25-30-35-40-45-50-57(5)7-2/h56-58H,6-55H2,1-5H3/t57?,58-/m1/s1. The van der Waals surface area contributed by atoms with Crippen LogP contribution in [0, 0.1) is 11.8 Å². The van der Waals surface area contributed by atoms with E-state index in [1.165, 1.54) is 231 Å². The topological polar surface area (TPSA) is 78.9 Å². The summed E-state index contributed by atoms with van der Waals surface area (Å²) >= 11 is 0. The van der Waals surface area contributed by atoms with Gasteiger partial charge in [-0.25, -0.2) is 0 Å². The molecule has 0 bridgehead atoms. The zero-order valence-electron chi connectivity index (χ0n) is 46.0. The number of rotatable bonds is 55. The lowest BCUT2D eigenvalue weighted by Crippen LogP contribution is -2.30. The van der Waals surface area contributed by atoms with Crippen LogP contribution in [0.2, 0.25) is 0 Å². The average Bonchev–Trinajstić information content (AvgIpc) is 3.31. The minimum absolute atomic E-state index is 0.0624. The number of hydrogen-bond acceptors (Lipinski definition) is 6. The third kappa shape index (κ3) is 53.6. The van der Waals surface area contributed by atoms with Gasteiger partial charge in [0.2, 0.25) is 0 Å². The lowest BCUT2D eigenvalue weighted by atomic mass is 9.99. The normalized spacial score (nSPS) is 12.4. The molecule has 0 fully saturated rings. The third-order valence-electron chi connectivity index (χ3n) is 14.3. The van der Waals surface area contributed by atoms with Gasteiger partial charge in [0.15, 0.2) is 6.10 Å². The van der Waals surface area contributed by atoms with Crippen LogP contribution in [-0.2, 0) is 28.6 Å². The third-order valence-corrected chi connectivity index (χ3v) is 14.3. The fourth-order valence-electron chi connectivity index (χ4n) is 9.37. The zero-order chi connectivity index (χ0) is 48.9. The lowest BCUT2D eigenvalue weighted by molar-refractivity contribution is -0.167. The maximum absolute atomic E-state index is 12.9. The molecule has 6 heteroatoms. The number of ether oxygens (including phenoxy) is 3. The minimum atomic E-state index is -0.763. The summed E-state index contributed by atoms with van der Waals surface area (Å²) in [5.41, 5.74) is 0. The van der Waals surface area contributed by atoms with E-state index in [-0.39, 0.29) is 31.1 Å². The SMILES string of the molecule is CCCCCCCCCCCCCCC(=O)OC[C@H](COC(=O)CCCCCCCCCCCCCCC(C)C)OC(=O)CCCCCCCCCCCCCCCCCCCCC(C)CC. The second-order valence-electron chi connectivity index (χ2n) is 21.7. The van der Waals surface area contributed by atoms with E-state index in [0.717, 1.165) is 69.6 Å². The van der Waals surface area contributed by atoms with Gasteiger partial charge in [0.25, 0.3) is 0 Å². The van der Waals surface area contributed by atoms with E-state index in [1.54, 1.807) is 0 Å². The van der Waals surface area contributed by atoms with Gasteiger partial charge in [0.05, 0.1) is 0 Å². The van der Waals surface area contributed by atoms with Crippen molar-refractivity contribution >= 4 is 17.9 Å². The van der Waals surface area contributed by atoms with Gasteiger partial charge in [-0.05, 0) is 31.1 Å². The molecule has 398 valence electrons. The number of esters is 3. The summed E-state index contributed by atoms with van der Waals surface area (Å²) in [6, 6.07) is 0. The van der Waals surface area contributed by atoms with Crippen LogP contribution in [0.25, 0.3) is 0 Å². The van der Waals surface area contributed by atoms with Crippen LogP contribution in [0.5, 0.6) is 0 Å². The van der Waals surface area contributed by atoms with Crippen molar-refractivity contribution in [3.63, 3.8) is 0 Å². The molecule has 2 atom stereocenters. The van der Waals surface area contributed by atoms with Crippen molar-refractivity contribution in [3.8, 4) is 0 Å². The summed E-state index contributed by atoms with van der Waals surface area (Å²) in [6.07, 6.45) is 58.1. The molecule has 0 radical (unpaired) electrons. The molecule has 1 unspecified atom stereocenters. The van der Waals surface area contributed by atoms with Crippen molar-refractivity contribution in [2.75, 3.05) is 13.2 Å². The van der Waals surface area contributed by atoms with Gasteiger partial charge in [-0.2, -0.15) is 0 Å². The van der Waals surface area contributed by atoms with Crippen LogP contribution in [-0.4, -0.2) is 37.2 Å². The Kier molecular flexibility index (Phi) is 52.5. The highest BCUT2D eigenvalue weighted by atomic mass is 16.6. The Morgan fingerprint density at radius 3 is 0.851 bits per heavy atom. The number of unbranched alkanes of at least 4 members (excludes halogenated alkanes) is 39. The maximum Gasteiger partial charge on any atom is 0.306 e. The van der Waals surface area contributed by atoms with Crippen LogP contribution in [0.1, 0.15) is 343 Å². The monoisotopic (exact) mass is 947 g/mol. The number of hydrogen-bond donors (Lipinski definition) is 0. The molecule has 0 amide bonds. The largest absolute Gasteiger partial charge is 0.462 e. The van der Waals surface area contributed by atoms with Crippen LogP contribution >= 0.6 is 0 Å². The first kappa shape index (κ1) is 65.4. The van der Waals surface area contributed by atoms with Crippen molar-refractivity contribution in [3.05, 3.63) is 0 Å². The van der Waals surface area contributed by atoms with Gasteiger partial charge in [0, 0.05) is 19.3 Å². The molecule has 0 saturated heterocycles. The van der Waals surface area contributed by atoms with E-state index in [2.05, 4.69) is 34.6 Å². The summed E-state index contributed by atoms with van der Waals surface area (Å²) in [4.78, 5) is 38.2. The Morgan fingerprint density at radius 1 is 0.313 bits per heavy atom. The van der Waals surface area contributed by atoms with Crippen molar-refractivity contribution in [2.24, 2.45) is 11.8 Å². The van der Waals surface area contributed by atoms with Crippen molar-refractivity contribution in [1.29, 1.82) is 0 Å². The molecular weight excluding hydrogens is 829 g/mol. The van der Waals surface area contributed by atoms with E-state index in [4.69, 9.17) is 14.2 Å². The summed E-state index contributed by atoms with van der Waals surface area (Å²) in [5.74, 6) is 0.906. The molecule has 67 heavy (non-hydrogen) atoms. The van der Waals surface area contributed by atoms with Gasteiger partial charge in [-0.3, -0.25) is 14.4 Å². The summed E-state index contributed by atoms with van der Waals surface area (Å²) in [6.45, 7) is 11.5. The zero-order valence-corrected chi connectivity index (χ0v) is 46.0. The van der Waals surface area contributed by atoms with Gasteiger partial charge >= 0.3 is 17.9 Å². The van der Waals surface area contributed by atoms with E-state index < -0.39 is 6.10 Å². The first-order chi connectivity index (χ1) is 32.8. The molecule has 6 nitrogen and oxygen atoms in total. The minimum Gasteiger partial charge on any atom is -0.462 e. The smallest absolute Gasteiger partial charge is 0.306 e. The van der Waals surface area contributed by atoms with E-state index in [9.17, 15) is 14.4 Å². The first-order valence-electron chi connectivity index (χ1n) is 30.3. The van der Waals surface area contributed by atoms with Gasteiger partial charge < -0.3 is 14.2 Å². The molecular formula is C61H118O6. The molecule has 0 spiro atoms. The van der Waals surface area contributed by atoms with Gasteiger partial charge in [-0.15, -0.1) is 0 Å². The number of carbonyl (C=O) groups excluding carboxylic acids is 3. The maximum atomic E-state index is 12.9. The first-order valence-corrected chi connectivity index (χ1v) is 30.3. The highest BCUT2D eigenvalue weighted by Gasteiger charge is 2.19. The molecule has 0 aliphatic rings. The lowest BCUT2D eigenvalue weighted by Gasteiger charge is -2.18. The van der Waals surface area contributed by atoms with Gasteiger partial charge in [-0.1, -0.05) is 304 Å². The molecule has 0 aromatic carbocycles. The van der Waals surface area contributed by atoms with E-state index in [1.807, 2.05) is 0 Å². The van der Waals surface area contributed by atoms with Crippen LogP contribution in [0.4, 0.5) is 0 Å². The van der Waals surface area contributed by atoms with E-state index in [0.29, 0.717) is 19.3 Å². The molecule has 0 N–H and O–H groups in total. The predicted molar refractivity (Wildman–Crippen MR) is 289 cm³/mol. The van der Waals surface area contributed by atoms with Crippen molar-refractivity contribution in [2.45, 2.75) is 349 Å². The fourth-order valence-corrected chi connectivity index (χ4v) is 9.37. The highest BCUT2D eigenvalue weighted by molar-refractivity contribution is 5.71. The van der Waals surface area contributed by atoms with Crippen molar-refractivity contribution in [1.82, 2.24) is 0 Å². The molecule has 0 aromatic rings. The predicted octanol–water partition coefficient (Wildman–Crippen LogP) is 20.0. The van der Waals surface area contributed by atoms with Crippen LogP contribution in [0.3, 0.4) is 0 Å². The van der Waals surface area contributed by atoms with Crippen LogP contribution in [0.15, 0.2) is 0 Å². The molecule has 0 heterocycles. The average molecular weight is 948 g/mol. The second-order valence-corrected chi connectivity index (χ2v) is 21.7. The molecule has 0 aromatic heterocycles. The van der Waals surface area contributed by atoms with Crippen LogP contribution < -0.4 is 0 Å². The Morgan fingerprint density at radius 2 is 0.567 bits per heavy atom. The Hall–Kier alpha value is -1.59. The Bertz CT molecular complexity index is 1030. The molecule has 0 aliphatic heterocycles.